The summed E-state index contributed by atoms with van der Waals surface area (Å²) in [5, 5.41) is 10.9. The van der Waals surface area contributed by atoms with Crippen LogP contribution in [0.5, 0.6) is 0 Å². The molecule has 5 nitrogen and oxygen atoms in total. The van der Waals surface area contributed by atoms with Gasteiger partial charge in [-0.1, -0.05) is 0 Å². The van der Waals surface area contributed by atoms with E-state index in [0.717, 1.165) is 0 Å². The molecule has 1 atom stereocenters. The Morgan fingerprint density at radius 3 is 2.55 bits per heavy atom. The number of nitrogens with zero attached hydrogens (tertiary/aromatic N) is 1. The Labute approximate surface area is 69.0 Å². The molecule has 1 unspecified atom stereocenters. The lowest BCUT2D eigenvalue weighted by Gasteiger charge is -2.33. The molecule has 11 heavy (non-hydrogen) atoms. The quantitative estimate of drug-likeness (QED) is 0.265. The second-order valence-electron chi connectivity index (χ2n) is 2.79. The summed E-state index contributed by atoms with van der Waals surface area (Å²) in [5.41, 5.74) is 0. The van der Waals surface area contributed by atoms with E-state index in [2.05, 4.69) is 4.72 Å². The summed E-state index contributed by atoms with van der Waals surface area (Å²) >= 11 is -1.95. The zero-order valence-electron chi connectivity index (χ0n) is 6.74. The Morgan fingerprint density at radius 2 is 2.18 bits per heavy atom. The van der Waals surface area contributed by atoms with Crippen LogP contribution in [0.3, 0.4) is 0 Å². The first-order chi connectivity index (χ1) is 4.92. The molecule has 0 aromatic carbocycles. The summed E-state index contributed by atoms with van der Waals surface area (Å²) in [6.07, 6.45) is 0.600. The first-order valence-corrected chi connectivity index (χ1v) is 4.41. The topological polar surface area (TPSA) is 72.4 Å². The number of quaternary nitrogens is 1. The van der Waals surface area contributed by atoms with E-state index in [9.17, 15) is 9.42 Å². The van der Waals surface area contributed by atoms with Crippen LogP contribution < -0.4 is 4.72 Å². The predicted molar refractivity (Wildman–Crippen MR) is 43.7 cm³/mol. The lowest BCUT2D eigenvalue weighted by atomic mass is 10.4. The van der Waals surface area contributed by atoms with E-state index in [1.165, 1.54) is 14.1 Å². The molecule has 0 aliphatic heterocycles. The number of nitrogens with one attached hydrogen (secondary N) is 1. The molecule has 0 aromatic rings. The Hall–Kier alpha value is -0.0100. The lowest BCUT2D eigenvalue weighted by Crippen LogP contribution is -2.35. The molecule has 0 heterocycles. The summed E-state index contributed by atoms with van der Waals surface area (Å²) in [6.45, 7) is 0.844. The molecule has 0 radical (unpaired) electrons. The monoisotopic (exact) mass is 182 g/mol. The van der Waals surface area contributed by atoms with Crippen LogP contribution in [-0.2, 0) is 11.3 Å². The van der Waals surface area contributed by atoms with E-state index in [1.54, 1.807) is 0 Å². The van der Waals surface area contributed by atoms with Gasteiger partial charge in [0.05, 0.1) is 20.6 Å². The molecule has 0 aliphatic carbocycles. The Balaban J connectivity index is 3.22. The molecule has 0 spiro atoms. The van der Waals surface area contributed by atoms with Gasteiger partial charge in [0, 0.05) is 13.0 Å². The van der Waals surface area contributed by atoms with Crippen molar-refractivity contribution in [3.05, 3.63) is 5.21 Å². The lowest BCUT2D eigenvalue weighted by molar-refractivity contribution is -0.840. The van der Waals surface area contributed by atoms with E-state index in [4.69, 9.17) is 4.55 Å². The van der Waals surface area contributed by atoms with Crippen molar-refractivity contribution in [2.45, 2.75) is 6.42 Å². The van der Waals surface area contributed by atoms with Crippen molar-refractivity contribution >= 4 is 11.3 Å². The van der Waals surface area contributed by atoms with Gasteiger partial charge in [0.25, 0.3) is 0 Å². The molecular formula is C5H14N2O3S. The largest absolute Gasteiger partial charge is 0.633 e. The molecule has 0 rings (SSSR count). The fourth-order valence-electron chi connectivity index (χ4n) is 0.619. The highest BCUT2D eigenvalue weighted by Crippen LogP contribution is 1.93. The van der Waals surface area contributed by atoms with Crippen molar-refractivity contribution in [2.75, 3.05) is 27.2 Å². The zero-order chi connectivity index (χ0) is 8.91. The number of hydroxylamine groups is 3. The smallest absolute Gasteiger partial charge is 0.231 e. The van der Waals surface area contributed by atoms with Crippen LogP contribution in [0.15, 0.2) is 0 Å². The normalized spacial score (nSPS) is 14.9. The van der Waals surface area contributed by atoms with Crippen LogP contribution in [0.25, 0.3) is 0 Å². The molecule has 6 heteroatoms. The maximum atomic E-state index is 10.9. The highest BCUT2D eigenvalue weighted by molar-refractivity contribution is 7.77. The van der Waals surface area contributed by atoms with Gasteiger partial charge < -0.3 is 9.85 Å². The Morgan fingerprint density at radius 1 is 1.64 bits per heavy atom. The van der Waals surface area contributed by atoms with E-state index in [0.29, 0.717) is 19.5 Å². The SMILES string of the molecule is C[N+](C)([O-])CCCNS(=O)O. The van der Waals surface area contributed by atoms with E-state index >= 15 is 0 Å². The maximum absolute atomic E-state index is 10.9. The highest BCUT2D eigenvalue weighted by atomic mass is 32.2. The first-order valence-electron chi connectivity index (χ1n) is 3.30. The van der Waals surface area contributed by atoms with Crippen molar-refractivity contribution in [3.63, 3.8) is 0 Å². The standard InChI is InChI=1S/C5H14N2O3S/c1-7(2,8)5-3-4-6-11(9)10/h6H,3-5H2,1-2H3,(H,9,10). The van der Waals surface area contributed by atoms with Gasteiger partial charge in [0.15, 0.2) is 0 Å². The van der Waals surface area contributed by atoms with Crippen LogP contribution in [0.2, 0.25) is 0 Å². The van der Waals surface area contributed by atoms with Crippen LogP contribution in [0.4, 0.5) is 0 Å². The molecule has 0 saturated heterocycles. The second-order valence-corrected chi connectivity index (χ2v) is 3.58. The van der Waals surface area contributed by atoms with E-state index < -0.39 is 11.3 Å². The van der Waals surface area contributed by atoms with Crippen LogP contribution in [-0.4, -0.2) is 40.6 Å². The van der Waals surface area contributed by atoms with Gasteiger partial charge in [0.2, 0.25) is 11.3 Å². The molecule has 0 aliphatic rings. The summed E-state index contributed by atoms with van der Waals surface area (Å²) in [5.74, 6) is 0. The van der Waals surface area contributed by atoms with E-state index in [-0.39, 0.29) is 4.65 Å². The maximum Gasteiger partial charge on any atom is 0.231 e. The van der Waals surface area contributed by atoms with Gasteiger partial charge in [0.1, 0.15) is 0 Å². The number of hydrogen-bond acceptors (Lipinski definition) is 2. The summed E-state index contributed by atoms with van der Waals surface area (Å²) in [7, 11) is 3.08. The van der Waals surface area contributed by atoms with Crippen molar-refractivity contribution in [1.82, 2.24) is 4.72 Å². The van der Waals surface area contributed by atoms with Crippen LogP contribution >= 0.6 is 0 Å². The van der Waals surface area contributed by atoms with Crippen molar-refractivity contribution in [3.8, 4) is 0 Å². The third-order valence-corrected chi connectivity index (χ3v) is 1.55. The van der Waals surface area contributed by atoms with Crippen LogP contribution in [0, 0.1) is 5.21 Å². The zero-order valence-corrected chi connectivity index (χ0v) is 7.56. The van der Waals surface area contributed by atoms with Gasteiger partial charge in [-0.25, -0.2) is 8.93 Å². The molecule has 2 N–H and O–H groups in total. The third-order valence-electron chi connectivity index (χ3n) is 1.10. The molecular weight excluding hydrogens is 168 g/mol. The number of hydrogen-bond donors (Lipinski definition) is 2. The van der Waals surface area contributed by atoms with Gasteiger partial charge in [-0.2, -0.15) is 0 Å². The minimum absolute atomic E-state index is 0.361. The minimum Gasteiger partial charge on any atom is -0.633 e. The van der Waals surface area contributed by atoms with Crippen molar-refractivity contribution in [1.29, 1.82) is 0 Å². The molecule has 68 valence electrons. The van der Waals surface area contributed by atoms with Crippen molar-refractivity contribution in [2.24, 2.45) is 0 Å². The van der Waals surface area contributed by atoms with E-state index in [1.807, 2.05) is 0 Å². The predicted octanol–water partition coefficient (Wildman–Crippen LogP) is -0.323. The van der Waals surface area contributed by atoms with Gasteiger partial charge >= 0.3 is 0 Å². The van der Waals surface area contributed by atoms with Crippen LogP contribution in [0.1, 0.15) is 6.42 Å². The Kier molecular flexibility index (Phi) is 4.78. The molecule has 0 bridgehead atoms. The first kappa shape index (κ1) is 11.0. The van der Waals surface area contributed by atoms with Gasteiger partial charge in [-0.05, 0) is 0 Å². The van der Waals surface area contributed by atoms with Gasteiger partial charge in [-0.15, -0.1) is 0 Å². The second kappa shape index (κ2) is 4.78. The summed E-state index contributed by atoms with van der Waals surface area (Å²) in [4.78, 5) is 0. The Bertz CT molecular complexity index is 134. The molecule has 0 saturated carbocycles. The fraction of sp³-hybridized carbons (Fsp3) is 1.00. The van der Waals surface area contributed by atoms with Crippen molar-refractivity contribution < 1.29 is 13.4 Å². The molecule has 0 fully saturated rings. The summed E-state index contributed by atoms with van der Waals surface area (Å²) < 4.78 is 20.2. The average Bonchev–Trinajstić information content (AvgIpc) is 1.78. The minimum atomic E-state index is -1.95. The fourth-order valence-corrected chi connectivity index (χ4v) is 0.938. The average molecular weight is 182 g/mol. The molecule has 0 amide bonds. The highest BCUT2D eigenvalue weighted by Gasteiger charge is 2.00. The number of rotatable bonds is 5. The molecule has 0 aromatic heterocycles. The third kappa shape index (κ3) is 9.99. The summed E-state index contributed by atoms with van der Waals surface area (Å²) in [6, 6.07) is 0. The van der Waals surface area contributed by atoms with Gasteiger partial charge in [-0.3, -0.25) is 4.55 Å².